The van der Waals surface area contributed by atoms with Gasteiger partial charge in [-0.15, -0.1) is 0 Å². The molecule has 1 aromatic rings. The average Bonchev–Trinajstić information content (AvgIpc) is 2.53. The molecule has 74 valence electrons. The van der Waals surface area contributed by atoms with Crippen molar-refractivity contribution in [3.8, 4) is 5.88 Å². The number of hydrogen-bond acceptors (Lipinski definition) is 3. The van der Waals surface area contributed by atoms with Gasteiger partial charge in [0, 0.05) is 12.0 Å². The summed E-state index contributed by atoms with van der Waals surface area (Å²) in [5.41, 5.74) is 0. The van der Waals surface area contributed by atoms with Gasteiger partial charge in [-0.2, -0.15) is 0 Å². The minimum atomic E-state index is 0.441. The van der Waals surface area contributed by atoms with E-state index in [4.69, 9.17) is 9.26 Å². The zero-order valence-corrected chi connectivity index (χ0v) is 8.70. The third-order valence-electron chi connectivity index (χ3n) is 2.33. The van der Waals surface area contributed by atoms with Gasteiger partial charge in [-0.1, -0.05) is 20.8 Å². The second kappa shape index (κ2) is 4.30. The molecule has 3 nitrogen and oxygen atoms in total. The van der Waals surface area contributed by atoms with E-state index in [2.05, 4.69) is 25.9 Å². The first-order valence-corrected chi connectivity index (χ1v) is 4.69. The molecule has 0 aliphatic rings. The van der Waals surface area contributed by atoms with Gasteiger partial charge in [0.05, 0.1) is 7.11 Å². The molecule has 0 amide bonds. The van der Waals surface area contributed by atoms with E-state index in [1.54, 1.807) is 7.11 Å². The third kappa shape index (κ3) is 2.23. The molecule has 0 N–H and O–H groups in total. The van der Waals surface area contributed by atoms with Crippen molar-refractivity contribution in [3.05, 3.63) is 11.8 Å². The van der Waals surface area contributed by atoms with Gasteiger partial charge >= 0.3 is 0 Å². The highest BCUT2D eigenvalue weighted by molar-refractivity contribution is 5.14. The lowest BCUT2D eigenvalue weighted by atomic mass is 9.91. The van der Waals surface area contributed by atoms with Crippen molar-refractivity contribution >= 4 is 0 Å². The summed E-state index contributed by atoms with van der Waals surface area (Å²) in [6.07, 6.45) is 1.07. The molecule has 13 heavy (non-hydrogen) atoms. The van der Waals surface area contributed by atoms with Gasteiger partial charge in [0.1, 0.15) is 5.76 Å². The van der Waals surface area contributed by atoms with Gasteiger partial charge in [-0.05, 0) is 17.5 Å². The van der Waals surface area contributed by atoms with Crippen LogP contribution in [0.3, 0.4) is 0 Å². The maximum atomic E-state index is 5.19. The van der Waals surface area contributed by atoms with Gasteiger partial charge in [0.15, 0.2) is 0 Å². The number of aromatic nitrogens is 1. The maximum Gasteiger partial charge on any atom is 0.254 e. The lowest BCUT2D eigenvalue weighted by molar-refractivity contribution is 0.299. The van der Waals surface area contributed by atoms with Crippen LogP contribution in [0.2, 0.25) is 0 Å². The van der Waals surface area contributed by atoms with Gasteiger partial charge in [-0.25, -0.2) is 0 Å². The van der Waals surface area contributed by atoms with E-state index < -0.39 is 0 Å². The smallest absolute Gasteiger partial charge is 0.254 e. The van der Waals surface area contributed by atoms with E-state index in [1.807, 2.05) is 6.07 Å². The van der Waals surface area contributed by atoms with Crippen LogP contribution in [0.25, 0.3) is 0 Å². The van der Waals surface area contributed by atoms with Crippen LogP contribution in [0.1, 0.15) is 38.9 Å². The maximum absolute atomic E-state index is 5.19. The number of methoxy groups -OCH3 is 1. The van der Waals surface area contributed by atoms with Crippen molar-refractivity contribution in [3.63, 3.8) is 0 Å². The van der Waals surface area contributed by atoms with Crippen LogP contribution in [0.4, 0.5) is 0 Å². The Morgan fingerprint density at radius 1 is 1.54 bits per heavy atom. The molecule has 0 unspecified atom stereocenters. The minimum absolute atomic E-state index is 0.441. The summed E-state index contributed by atoms with van der Waals surface area (Å²) in [5, 5.41) is 3.79. The Labute approximate surface area is 79.1 Å². The first-order chi connectivity index (χ1) is 6.19. The van der Waals surface area contributed by atoms with Crippen LogP contribution in [0.5, 0.6) is 5.88 Å². The molecule has 0 radical (unpaired) electrons. The molecule has 0 fully saturated rings. The summed E-state index contributed by atoms with van der Waals surface area (Å²) in [7, 11) is 1.60. The number of nitrogens with zero attached hydrogens (tertiary/aromatic N) is 1. The van der Waals surface area contributed by atoms with Crippen LogP contribution < -0.4 is 4.74 Å². The summed E-state index contributed by atoms with van der Waals surface area (Å²) in [6.45, 7) is 6.52. The minimum Gasteiger partial charge on any atom is -0.479 e. The molecule has 1 heterocycles. The zero-order valence-electron chi connectivity index (χ0n) is 8.70. The highest BCUT2D eigenvalue weighted by Gasteiger charge is 2.18. The lowest BCUT2D eigenvalue weighted by Crippen LogP contribution is -2.03. The van der Waals surface area contributed by atoms with Crippen LogP contribution in [0.15, 0.2) is 10.6 Å². The van der Waals surface area contributed by atoms with E-state index >= 15 is 0 Å². The second-order valence-electron chi connectivity index (χ2n) is 3.53. The Balaban J connectivity index is 2.79. The normalized spacial score (nSPS) is 13.3. The van der Waals surface area contributed by atoms with E-state index in [-0.39, 0.29) is 0 Å². The monoisotopic (exact) mass is 183 g/mol. The first-order valence-electron chi connectivity index (χ1n) is 4.69. The molecular formula is C10H17NO2. The first kappa shape index (κ1) is 10.1. The molecule has 1 atom stereocenters. The van der Waals surface area contributed by atoms with Crippen molar-refractivity contribution < 1.29 is 9.26 Å². The van der Waals surface area contributed by atoms with E-state index in [0.717, 1.165) is 12.2 Å². The molecule has 0 aliphatic heterocycles. The fourth-order valence-electron chi connectivity index (χ4n) is 1.54. The van der Waals surface area contributed by atoms with Crippen molar-refractivity contribution in [1.29, 1.82) is 0 Å². The Morgan fingerprint density at radius 3 is 2.62 bits per heavy atom. The van der Waals surface area contributed by atoms with Crippen LogP contribution in [0, 0.1) is 5.92 Å². The van der Waals surface area contributed by atoms with Crippen molar-refractivity contribution in [2.75, 3.05) is 7.11 Å². The predicted molar refractivity (Wildman–Crippen MR) is 50.9 cm³/mol. The van der Waals surface area contributed by atoms with Gasteiger partial charge in [-0.3, -0.25) is 0 Å². The van der Waals surface area contributed by atoms with Crippen molar-refractivity contribution in [2.24, 2.45) is 5.92 Å². The molecule has 1 aromatic heterocycles. The second-order valence-corrected chi connectivity index (χ2v) is 3.53. The Hall–Kier alpha value is -0.990. The van der Waals surface area contributed by atoms with Crippen molar-refractivity contribution in [1.82, 2.24) is 5.16 Å². The highest BCUT2D eigenvalue weighted by Crippen LogP contribution is 2.29. The molecule has 1 rings (SSSR count). The topological polar surface area (TPSA) is 35.3 Å². The molecule has 0 saturated carbocycles. The molecule has 0 bridgehead atoms. The molecule has 0 saturated heterocycles. The predicted octanol–water partition coefficient (Wildman–Crippen LogP) is 2.83. The zero-order chi connectivity index (χ0) is 9.84. The Bertz CT molecular complexity index is 255. The fraction of sp³-hybridized carbons (Fsp3) is 0.700. The van der Waals surface area contributed by atoms with Crippen LogP contribution >= 0.6 is 0 Å². The van der Waals surface area contributed by atoms with Gasteiger partial charge in [0.2, 0.25) is 0 Å². The lowest BCUT2D eigenvalue weighted by Gasteiger charge is -2.14. The summed E-state index contributed by atoms with van der Waals surface area (Å²) < 4.78 is 10.2. The summed E-state index contributed by atoms with van der Waals surface area (Å²) >= 11 is 0. The molecule has 0 aliphatic carbocycles. The average molecular weight is 183 g/mol. The largest absolute Gasteiger partial charge is 0.479 e. The van der Waals surface area contributed by atoms with E-state index in [0.29, 0.717) is 17.7 Å². The summed E-state index contributed by atoms with van der Waals surface area (Å²) in [6, 6.07) is 1.87. The third-order valence-corrected chi connectivity index (χ3v) is 2.33. The Morgan fingerprint density at radius 2 is 2.23 bits per heavy atom. The van der Waals surface area contributed by atoms with Crippen LogP contribution in [-0.4, -0.2) is 12.3 Å². The highest BCUT2D eigenvalue weighted by atomic mass is 16.5. The van der Waals surface area contributed by atoms with Gasteiger partial charge < -0.3 is 9.26 Å². The SMILES string of the molecule is CC[C@H](c1cc(OC)no1)C(C)C. The number of ether oxygens (including phenoxy) is 1. The summed E-state index contributed by atoms with van der Waals surface area (Å²) in [4.78, 5) is 0. The van der Waals surface area contributed by atoms with E-state index in [9.17, 15) is 0 Å². The fourth-order valence-corrected chi connectivity index (χ4v) is 1.54. The summed E-state index contributed by atoms with van der Waals surface area (Å²) in [5.74, 6) is 2.50. The molecule has 0 aromatic carbocycles. The molecular weight excluding hydrogens is 166 g/mol. The van der Waals surface area contributed by atoms with Crippen molar-refractivity contribution in [2.45, 2.75) is 33.1 Å². The van der Waals surface area contributed by atoms with Gasteiger partial charge in [0.25, 0.3) is 5.88 Å². The Kier molecular flexibility index (Phi) is 3.34. The number of hydrogen-bond donors (Lipinski definition) is 0. The standard InChI is InChI=1S/C10H17NO2/c1-5-8(7(2)3)9-6-10(12-4)11-13-9/h6-8H,5H2,1-4H3/t8-/m0/s1. The van der Waals surface area contributed by atoms with E-state index in [1.165, 1.54) is 0 Å². The molecule has 3 heteroatoms. The number of rotatable bonds is 4. The van der Waals surface area contributed by atoms with Crippen LogP contribution in [-0.2, 0) is 0 Å². The quantitative estimate of drug-likeness (QED) is 0.720. The molecule has 0 spiro atoms.